The van der Waals surface area contributed by atoms with E-state index < -0.39 is 0 Å². The number of rotatable bonds is 4. The summed E-state index contributed by atoms with van der Waals surface area (Å²) in [4.78, 5) is 20.7. The second-order valence-corrected chi connectivity index (χ2v) is 5.77. The standard InChI is InChI=1S/C17H18N6O/c24-17(15-16-19-8-10-23(16)9-7-18-15)20-11-12-1-3-13(4-2-12)14-5-6-21-22-14/h1-4,7-10,14,21-22H,5-6,11H2,(H,20,24). The van der Waals surface area contributed by atoms with Crippen molar-refractivity contribution in [2.45, 2.75) is 19.0 Å². The highest BCUT2D eigenvalue weighted by Gasteiger charge is 2.16. The summed E-state index contributed by atoms with van der Waals surface area (Å²) in [6, 6.07) is 8.63. The van der Waals surface area contributed by atoms with Crippen molar-refractivity contribution >= 4 is 11.6 Å². The highest BCUT2D eigenvalue weighted by atomic mass is 16.1. The van der Waals surface area contributed by atoms with Gasteiger partial charge in [-0.15, -0.1) is 0 Å². The average molecular weight is 322 g/mol. The molecule has 3 aromatic rings. The van der Waals surface area contributed by atoms with Crippen molar-refractivity contribution in [3.05, 3.63) is 65.9 Å². The number of hydrazine groups is 1. The zero-order valence-electron chi connectivity index (χ0n) is 13.1. The lowest BCUT2D eigenvalue weighted by atomic mass is 10.0. The van der Waals surface area contributed by atoms with Gasteiger partial charge in [0.1, 0.15) is 0 Å². The van der Waals surface area contributed by atoms with Gasteiger partial charge in [-0.3, -0.25) is 15.6 Å². The highest BCUT2D eigenvalue weighted by molar-refractivity contribution is 5.97. The molecule has 1 aliphatic heterocycles. The molecule has 1 aliphatic rings. The predicted octanol–water partition coefficient (Wildman–Crippen LogP) is 1.20. The minimum absolute atomic E-state index is 0.225. The van der Waals surface area contributed by atoms with E-state index in [0.29, 0.717) is 23.9 Å². The van der Waals surface area contributed by atoms with Gasteiger partial charge in [0.05, 0.1) is 0 Å². The summed E-state index contributed by atoms with van der Waals surface area (Å²) in [6.45, 7) is 1.44. The third kappa shape index (κ3) is 2.86. The maximum absolute atomic E-state index is 12.4. The number of nitrogens with zero attached hydrogens (tertiary/aromatic N) is 3. The van der Waals surface area contributed by atoms with E-state index in [-0.39, 0.29) is 5.91 Å². The lowest BCUT2D eigenvalue weighted by Crippen LogP contribution is -2.25. The number of benzene rings is 1. The van der Waals surface area contributed by atoms with Crippen LogP contribution in [0.4, 0.5) is 0 Å². The molecule has 1 unspecified atom stereocenters. The third-order valence-corrected chi connectivity index (χ3v) is 4.20. The molecular formula is C17H18N6O. The van der Waals surface area contributed by atoms with Gasteiger partial charge in [-0.1, -0.05) is 24.3 Å². The lowest BCUT2D eigenvalue weighted by Gasteiger charge is -2.11. The molecule has 24 heavy (non-hydrogen) atoms. The van der Waals surface area contributed by atoms with Crippen LogP contribution < -0.4 is 16.2 Å². The first-order chi connectivity index (χ1) is 11.8. The largest absolute Gasteiger partial charge is 0.347 e. The Hall–Kier alpha value is -2.77. The third-order valence-electron chi connectivity index (χ3n) is 4.20. The van der Waals surface area contributed by atoms with Crippen molar-refractivity contribution in [1.29, 1.82) is 0 Å². The smallest absolute Gasteiger partial charge is 0.274 e. The zero-order valence-corrected chi connectivity index (χ0v) is 13.1. The van der Waals surface area contributed by atoms with Crippen LogP contribution in [0.1, 0.15) is 34.1 Å². The minimum atomic E-state index is -0.225. The summed E-state index contributed by atoms with van der Waals surface area (Å²) < 4.78 is 1.78. The first-order valence-electron chi connectivity index (χ1n) is 7.94. The predicted molar refractivity (Wildman–Crippen MR) is 89.1 cm³/mol. The van der Waals surface area contributed by atoms with Gasteiger partial charge in [0.25, 0.3) is 5.91 Å². The van der Waals surface area contributed by atoms with Gasteiger partial charge in [-0.05, 0) is 17.5 Å². The fourth-order valence-electron chi connectivity index (χ4n) is 2.88. The van der Waals surface area contributed by atoms with Crippen LogP contribution in [0.2, 0.25) is 0 Å². The lowest BCUT2D eigenvalue weighted by molar-refractivity contribution is 0.0947. The maximum Gasteiger partial charge on any atom is 0.274 e. The Morgan fingerprint density at radius 3 is 2.75 bits per heavy atom. The molecule has 0 bridgehead atoms. The van der Waals surface area contributed by atoms with Crippen LogP contribution in [0.3, 0.4) is 0 Å². The van der Waals surface area contributed by atoms with E-state index in [1.807, 2.05) is 12.1 Å². The Balaban J connectivity index is 1.42. The van der Waals surface area contributed by atoms with Crippen molar-refractivity contribution in [1.82, 2.24) is 30.5 Å². The monoisotopic (exact) mass is 322 g/mol. The van der Waals surface area contributed by atoms with E-state index in [1.165, 1.54) is 5.56 Å². The van der Waals surface area contributed by atoms with Gasteiger partial charge >= 0.3 is 0 Å². The van der Waals surface area contributed by atoms with E-state index in [1.54, 1.807) is 29.2 Å². The first-order valence-corrected chi connectivity index (χ1v) is 7.94. The van der Waals surface area contributed by atoms with Gasteiger partial charge in [0.15, 0.2) is 11.3 Å². The Bertz CT molecular complexity index is 851. The maximum atomic E-state index is 12.4. The Morgan fingerprint density at radius 2 is 2.00 bits per heavy atom. The van der Waals surface area contributed by atoms with Crippen molar-refractivity contribution in [3.8, 4) is 0 Å². The molecule has 7 heteroatoms. The minimum Gasteiger partial charge on any atom is -0.347 e. The van der Waals surface area contributed by atoms with Crippen molar-refractivity contribution in [3.63, 3.8) is 0 Å². The van der Waals surface area contributed by atoms with E-state index in [2.05, 4.69) is 38.3 Å². The van der Waals surface area contributed by atoms with Crippen LogP contribution in [-0.2, 0) is 6.54 Å². The number of hydrogen-bond acceptors (Lipinski definition) is 5. The van der Waals surface area contributed by atoms with E-state index in [9.17, 15) is 4.79 Å². The topological polar surface area (TPSA) is 83.4 Å². The Morgan fingerprint density at radius 1 is 1.21 bits per heavy atom. The molecule has 0 saturated carbocycles. The van der Waals surface area contributed by atoms with Crippen molar-refractivity contribution < 1.29 is 4.79 Å². The Labute approximate surface area is 139 Å². The molecule has 0 aliphatic carbocycles. The van der Waals surface area contributed by atoms with Crippen LogP contribution in [-0.4, -0.2) is 26.8 Å². The number of fused-ring (bicyclic) bond motifs is 1. The van der Waals surface area contributed by atoms with Gasteiger partial charge < -0.3 is 9.72 Å². The number of nitrogens with one attached hydrogen (secondary N) is 3. The van der Waals surface area contributed by atoms with Crippen LogP contribution in [0.5, 0.6) is 0 Å². The molecule has 1 amide bonds. The second-order valence-electron chi connectivity index (χ2n) is 5.77. The van der Waals surface area contributed by atoms with Crippen molar-refractivity contribution in [2.75, 3.05) is 6.54 Å². The molecule has 3 heterocycles. The molecule has 0 radical (unpaired) electrons. The summed E-state index contributed by atoms with van der Waals surface area (Å²) in [7, 11) is 0. The molecule has 1 aromatic carbocycles. The SMILES string of the molecule is O=C(NCc1ccc(C2CCNN2)cc1)c1nccn2ccnc12. The first kappa shape index (κ1) is 14.8. The summed E-state index contributed by atoms with van der Waals surface area (Å²) in [5.41, 5.74) is 9.57. The quantitative estimate of drug-likeness (QED) is 0.672. The number of carbonyl (C=O) groups is 1. The number of aromatic nitrogens is 3. The van der Waals surface area contributed by atoms with Gasteiger partial charge in [0, 0.05) is 43.9 Å². The van der Waals surface area contributed by atoms with Gasteiger partial charge in [-0.2, -0.15) is 0 Å². The van der Waals surface area contributed by atoms with E-state index in [0.717, 1.165) is 18.5 Å². The molecule has 4 rings (SSSR count). The fourth-order valence-corrected chi connectivity index (χ4v) is 2.88. The molecule has 1 saturated heterocycles. The van der Waals surface area contributed by atoms with Crippen LogP contribution in [0, 0.1) is 0 Å². The summed E-state index contributed by atoms with van der Waals surface area (Å²) in [5.74, 6) is -0.225. The van der Waals surface area contributed by atoms with Crippen LogP contribution >= 0.6 is 0 Å². The normalized spacial score (nSPS) is 17.2. The molecule has 1 fully saturated rings. The Kier molecular flexibility index (Phi) is 3.94. The average Bonchev–Trinajstić information content (AvgIpc) is 3.31. The number of hydrogen-bond donors (Lipinski definition) is 3. The van der Waals surface area contributed by atoms with E-state index in [4.69, 9.17) is 0 Å². The molecule has 122 valence electrons. The summed E-state index contributed by atoms with van der Waals surface area (Å²) in [5, 5.41) is 2.90. The summed E-state index contributed by atoms with van der Waals surface area (Å²) in [6.07, 6.45) is 7.89. The molecule has 7 nitrogen and oxygen atoms in total. The van der Waals surface area contributed by atoms with Crippen LogP contribution in [0.25, 0.3) is 5.65 Å². The summed E-state index contributed by atoms with van der Waals surface area (Å²) >= 11 is 0. The zero-order chi connectivity index (χ0) is 16.4. The van der Waals surface area contributed by atoms with Gasteiger partial charge in [0.2, 0.25) is 0 Å². The molecule has 0 spiro atoms. The van der Waals surface area contributed by atoms with Crippen molar-refractivity contribution in [2.24, 2.45) is 0 Å². The fraction of sp³-hybridized carbons (Fsp3) is 0.235. The highest BCUT2D eigenvalue weighted by Crippen LogP contribution is 2.19. The van der Waals surface area contributed by atoms with E-state index >= 15 is 0 Å². The second kappa shape index (κ2) is 6.38. The van der Waals surface area contributed by atoms with Gasteiger partial charge in [-0.25, -0.2) is 9.97 Å². The molecule has 2 aromatic heterocycles. The number of imidazole rings is 1. The number of amides is 1. The molecular weight excluding hydrogens is 304 g/mol. The van der Waals surface area contributed by atoms with Crippen LogP contribution in [0.15, 0.2) is 49.1 Å². The molecule has 3 N–H and O–H groups in total. The molecule has 1 atom stereocenters. The number of carbonyl (C=O) groups excluding carboxylic acids is 1.